The molecule has 3 rings (SSSR count). The van der Waals surface area contributed by atoms with Gasteiger partial charge in [-0.25, -0.2) is 0 Å². The third-order valence-electron chi connectivity index (χ3n) is 4.20. The fraction of sp³-hybridized carbons (Fsp3) is 0.412. The first kappa shape index (κ1) is 12.5. The highest BCUT2D eigenvalue weighted by molar-refractivity contribution is 5.31. The maximum absolute atomic E-state index is 10.0. The summed E-state index contributed by atoms with van der Waals surface area (Å²) in [5, 5.41) is 10.0. The number of hydrogen-bond acceptors (Lipinski definition) is 1. The van der Waals surface area contributed by atoms with Crippen molar-refractivity contribution in [2.75, 3.05) is 0 Å². The zero-order chi connectivity index (χ0) is 13.2. The minimum absolute atomic E-state index is 0.258. The molecule has 1 aliphatic carbocycles. The average Bonchev–Trinajstić information content (AvgIpc) is 2.84. The summed E-state index contributed by atoms with van der Waals surface area (Å²) < 4.78 is 2.31. The van der Waals surface area contributed by atoms with Crippen molar-refractivity contribution < 1.29 is 5.11 Å². The smallest absolute Gasteiger partial charge is 0.0807 e. The van der Waals surface area contributed by atoms with Crippen LogP contribution in [0.3, 0.4) is 0 Å². The minimum atomic E-state index is -0.258. The van der Waals surface area contributed by atoms with Gasteiger partial charge in [0.05, 0.1) is 6.10 Å². The van der Waals surface area contributed by atoms with Crippen LogP contribution in [0.5, 0.6) is 0 Å². The SMILES string of the molecule is CCc1ccccc1Cn1ccc2c1CCCC2O. The van der Waals surface area contributed by atoms with Gasteiger partial charge in [-0.1, -0.05) is 31.2 Å². The van der Waals surface area contributed by atoms with Gasteiger partial charge >= 0.3 is 0 Å². The van der Waals surface area contributed by atoms with E-state index in [0.717, 1.165) is 37.8 Å². The van der Waals surface area contributed by atoms with Crippen molar-refractivity contribution in [2.24, 2.45) is 0 Å². The second kappa shape index (κ2) is 5.22. The Bertz CT molecular complexity index is 570. The van der Waals surface area contributed by atoms with Gasteiger partial charge in [0, 0.05) is 24.0 Å². The molecule has 0 saturated heterocycles. The van der Waals surface area contributed by atoms with Crippen molar-refractivity contribution in [3.8, 4) is 0 Å². The zero-order valence-corrected chi connectivity index (χ0v) is 11.5. The Morgan fingerprint density at radius 1 is 1.21 bits per heavy atom. The van der Waals surface area contributed by atoms with Gasteiger partial charge < -0.3 is 9.67 Å². The maximum Gasteiger partial charge on any atom is 0.0807 e. The topological polar surface area (TPSA) is 25.2 Å². The van der Waals surface area contributed by atoms with E-state index in [-0.39, 0.29) is 6.10 Å². The van der Waals surface area contributed by atoms with E-state index in [2.05, 4.69) is 48.0 Å². The number of fused-ring (bicyclic) bond motifs is 1. The monoisotopic (exact) mass is 255 g/mol. The molecule has 1 aliphatic rings. The fourth-order valence-corrected chi connectivity index (χ4v) is 3.12. The summed E-state index contributed by atoms with van der Waals surface area (Å²) in [6, 6.07) is 10.7. The van der Waals surface area contributed by atoms with E-state index in [1.807, 2.05) is 0 Å². The lowest BCUT2D eigenvalue weighted by atomic mass is 9.95. The third-order valence-corrected chi connectivity index (χ3v) is 4.20. The Balaban J connectivity index is 1.92. The van der Waals surface area contributed by atoms with Crippen molar-refractivity contribution in [1.82, 2.24) is 4.57 Å². The lowest BCUT2D eigenvalue weighted by molar-refractivity contribution is 0.156. The molecule has 0 bridgehead atoms. The van der Waals surface area contributed by atoms with Gasteiger partial charge in [-0.3, -0.25) is 0 Å². The molecule has 2 heteroatoms. The quantitative estimate of drug-likeness (QED) is 0.892. The number of aromatic nitrogens is 1. The number of hydrogen-bond donors (Lipinski definition) is 1. The first-order chi connectivity index (χ1) is 9.29. The summed E-state index contributed by atoms with van der Waals surface area (Å²) >= 11 is 0. The van der Waals surface area contributed by atoms with E-state index >= 15 is 0 Å². The molecule has 0 radical (unpaired) electrons. The molecular weight excluding hydrogens is 234 g/mol. The van der Waals surface area contributed by atoms with E-state index in [1.165, 1.54) is 16.8 Å². The number of aliphatic hydroxyl groups is 1. The summed E-state index contributed by atoms with van der Waals surface area (Å²) in [7, 11) is 0. The standard InChI is InChI=1S/C17H21NO/c1-2-13-6-3-4-7-14(13)12-18-11-10-15-16(18)8-5-9-17(15)19/h3-4,6-7,10-11,17,19H,2,5,8-9,12H2,1H3. The van der Waals surface area contributed by atoms with Crippen molar-refractivity contribution >= 4 is 0 Å². The Hall–Kier alpha value is -1.54. The highest BCUT2D eigenvalue weighted by atomic mass is 16.3. The largest absolute Gasteiger partial charge is 0.388 e. The molecule has 0 saturated carbocycles. The molecule has 1 atom stereocenters. The maximum atomic E-state index is 10.0. The summed E-state index contributed by atoms with van der Waals surface area (Å²) in [6.45, 7) is 3.12. The van der Waals surface area contributed by atoms with Crippen LogP contribution >= 0.6 is 0 Å². The predicted octanol–water partition coefficient (Wildman–Crippen LogP) is 3.47. The molecule has 1 N–H and O–H groups in total. The Kier molecular flexibility index (Phi) is 3.43. The van der Waals surface area contributed by atoms with Crippen molar-refractivity contribution in [3.63, 3.8) is 0 Å². The van der Waals surface area contributed by atoms with E-state index in [1.54, 1.807) is 0 Å². The van der Waals surface area contributed by atoms with Crippen LogP contribution in [0.2, 0.25) is 0 Å². The van der Waals surface area contributed by atoms with E-state index in [9.17, 15) is 5.11 Å². The molecule has 1 heterocycles. The van der Waals surface area contributed by atoms with Crippen LogP contribution in [-0.4, -0.2) is 9.67 Å². The van der Waals surface area contributed by atoms with Gasteiger partial charge in [0.25, 0.3) is 0 Å². The Morgan fingerprint density at radius 2 is 2.00 bits per heavy atom. The third kappa shape index (κ3) is 2.33. The predicted molar refractivity (Wildman–Crippen MR) is 77.3 cm³/mol. The Labute approximate surface area is 114 Å². The molecule has 0 aliphatic heterocycles. The van der Waals surface area contributed by atoms with Crippen molar-refractivity contribution in [2.45, 2.75) is 45.3 Å². The molecule has 0 fully saturated rings. The highest BCUT2D eigenvalue weighted by Crippen LogP contribution is 2.30. The number of rotatable bonds is 3. The van der Waals surface area contributed by atoms with Crippen LogP contribution in [0.1, 0.15) is 48.3 Å². The van der Waals surface area contributed by atoms with E-state index in [4.69, 9.17) is 0 Å². The minimum Gasteiger partial charge on any atom is -0.388 e. The summed E-state index contributed by atoms with van der Waals surface area (Å²) in [4.78, 5) is 0. The number of aryl methyl sites for hydroxylation is 1. The van der Waals surface area contributed by atoms with Crippen LogP contribution in [0, 0.1) is 0 Å². The molecule has 1 unspecified atom stereocenters. The molecule has 1 aromatic carbocycles. The van der Waals surface area contributed by atoms with Gasteiger partial charge in [0.15, 0.2) is 0 Å². The van der Waals surface area contributed by atoms with Gasteiger partial charge in [0.1, 0.15) is 0 Å². The van der Waals surface area contributed by atoms with Crippen LogP contribution in [0.25, 0.3) is 0 Å². The second-order valence-electron chi connectivity index (χ2n) is 5.38. The molecular formula is C17H21NO. The highest BCUT2D eigenvalue weighted by Gasteiger charge is 2.21. The zero-order valence-electron chi connectivity index (χ0n) is 11.5. The average molecular weight is 255 g/mol. The fourth-order valence-electron chi connectivity index (χ4n) is 3.12. The van der Waals surface area contributed by atoms with Gasteiger partial charge in [-0.2, -0.15) is 0 Å². The van der Waals surface area contributed by atoms with Crippen LogP contribution in [-0.2, 0) is 19.4 Å². The molecule has 1 aromatic heterocycles. The lowest BCUT2D eigenvalue weighted by Gasteiger charge is -2.20. The summed E-state index contributed by atoms with van der Waals surface area (Å²) in [5.74, 6) is 0. The van der Waals surface area contributed by atoms with E-state index in [0.29, 0.717) is 0 Å². The number of aliphatic hydroxyl groups excluding tert-OH is 1. The van der Waals surface area contributed by atoms with E-state index < -0.39 is 0 Å². The molecule has 2 nitrogen and oxygen atoms in total. The first-order valence-electron chi connectivity index (χ1n) is 7.22. The van der Waals surface area contributed by atoms with Crippen molar-refractivity contribution in [3.05, 3.63) is 58.9 Å². The molecule has 0 amide bonds. The van der Waals surface area contributed by atoms with Crippen molar-refractivity contribution in [1.29, 1.82) is 0 Å². The van der Waals surface area contributed by atoms with Crippen LogP contribution < -0.4 is 0 Å². The van der Waals surface area contributed by atoms with Crippen LogP contribution in [0.15, 0.2) is 36.5 Å². The lowest BCUT2D eigenvalue weighted by Crippen LogP contribution is -2.12. The van der Waals surface area contributed by atoms with Gasteiger partial charge in [0.2, 0.25) is 0 Å². The number of nitrogens with zero attached hydrogens (tertiary/aromatic N) is 1. The van der Waals surface area contributed by atoms with Crippen LogP contribution in [0.4, 0.5) is 0 Å². The number of benzene rings is 1. The molecule has 2 aromatic rings. The van der Waals surface area contributed by atoms with Gasteiger partial charge in [-0.05, 0) is 42.9 Å². The summed E-state index contributed by atoms with van der Waals surface area (Å²) in [5.41, 5.74) is 5.27. The second-order valence-corrected chi connectivity index (χ2v) is 5.38. The Morgan fingerprint density at radius 3 is 2.79 bits per heavy atom. The molecule has 100 valence electrons. The molecule has 0 spiro atoms. The molecule has 19 heavy (non-hydrogen) atoms. The normalized spacial score (nSPS) is 18.3. The first-order valence-corrected chi connectivity index (χ1v) is 7.22. The van der Waals surface area contributed by atoms with Gasteiger partial charge in [-0.15, -0.1) is 0 Å². The summed E-state index contributed by atoms with van der Waals surface area (Å²) in [6.07, 6.45) is 6.03.